The molecular weight excluding hydrogens is 324 g/mol. The number of benzene rings is 1. The third kappa shape index (κ3) is 4.58. The number of hydrogen-bond donors (Lipinski definition) is 3. The summed E-state index contributed by atoms with van der Waals surface area (Å²) in [6, 6.07) is 8.22. The van der Waals surface area contributed by atoms with E-state index in [1.54, 1.807) is 6.20 Å². The van der Waals surface area contributed by atoms with Crippen LogP contribution in [0, 0.1) is 0 Å². The summed E-state index contributed by atoms with van der Waals surface area (Å²) < 4.78 is 0. The van der Waals surface area contributed by atoms with Gasteiger partial charge in [-0.05, 0) is 56.2 Å². The van der Waals surface area contributed by atoms with Crippen LogP contribution in [-0.2, 0) is 12.8 Å². The highest BCUT2D eigenvalue weighted by atomic mass is 35.5. The number of aliphatic hydroxyl groups excluding tert-OH is 1. The predicted octanol–water partition coefficient (Wildman–Crippen LogP) is 3.21. The summed E-state index contributed by atoms with van der Waals surface area (Å²) >= 11 is 5.93. The standard InChI is InChI=1S/C18H23ClN4O/c19-14-5-2-12(3-6-14)1-4-13-11-21-18(20)23-17(13)22-15-7-9-16(24)10-8-15/h2-3,5-6,11,15-16,24H,1,4,7-10H2,(H3,20,21,22,23)/t15-,16-. The van der Waals surface area contributed by atoms with Gasteiger partial charge in [-0.2, -0.15) is 4.98 Å². The summed E-state index contributed by atoms with van der Waals surface area (Å²) in [6.45, 7) is 0. The van der Waals surface area contributed by atoms with E-state index in [0.29, 0.717) is 6.04 Å². The van der Waals surface area contributed by atoms with Crippen molar-refractivity contribution in [2.75, 3.05) is 11.1 Å². The van der Waals surface area contributed by atoms with E-state index in [0.717, 1.165) is 54.9 Å². The smallest absolute Gasteiger partial charge is 0.221 e. The number of nitrogens with one attached hydrogen (secondary N) is 1. The van der Waals surface area contributed by atoms with Gasteiger partial charge in [0.1, 0.15) is 5.82 Å². The van der Waals surface area contributed by atoms with Crippen molar-refractivity contribution in [2.45, 2.75) is 50.7 Å². The van der Waals surface area contributed by atoms with Crippen LogP contribution in [0.5, 0.6) is 0 Å². The highest BCUT2D eigenvalue weighted by molar-refractivity contribution is 6.30. The van der Waals surface area contributed by atoms with E-state index in [-0.39, 0.29) is 12.1 Å². The van der Waals surface area contributed by atoms with Crippen molar-refractivity contribution in [1.82, 2.24) is 9.97 Å². The van der Waals surface area contributed by atoms with Crippen LogP contribution in [0.1, 0.15) is 36.8 Å². The Morgan fingerprint density at radius 1 is 1.12 bits per heavy atom. The highest BCUT2D eigenvalue weighted by Crippen LogP contribution is 2.24. The minimum atomic E-state index is -0.164. The molecule has 6 heteroatoms. The molecule has 0 bridgehead atoms. The van der Waals surface area contributed by atoms with Crippen LogP contribution in [0.15, 0.2) is 30.5 Å². The first-order chi connectivity index (χ1) is 11.6. The summed E-state index contributed by atoms with van der Waals surface area (Å²) in [7, 11) is 0. The van der Waals surface area contributed by atoms with Gasteiger partial charge in [0.05, 0.1) is 6.10 Å². The Bertz CT molecular complexity index is 669. The minimum absolute atomic E-state index is 0.164. The van der Waals surface area contributed by atoms with E-state index in [4.69, 9.17) is 17.3 Å². The fraction of sp³-hybridized carbons (Fsp3) is 0.444. The Labute approximate surface area is 147 Å². The number of aromatic nitrogens is 2. The Morgan fingerprint density at radius 2 is 1.83 bits per heavy atom. The molecule has 1 aromatic heterocycles. The lowest BCUT2D eigenvalue weighted by Gasteiger charge is -2.27. The van der Waals surface area contributed by atoms with Crippen molar-refractivity contribution in [3.63, 3.8) is 0 Å². The average molecular weight is 347 g/mol. The third-order valence-corrected chi connectivity index (χ3v) is 4.77. The van der Waals surface area contributed by atoms with Crippen molar-refractivity contribution >= 4 is 23.4 Å². The van der Waals surface area contributed by atoms with Crippen LogP contribution in [0.25, 0.3) is 0 Å². The zero-order valence-electron chi connectivity index (χ0n) is 13.6. The second kappa shape index (κ2) is 7.81. The first-order valence-electron chi connectivity index (χ1n) is 8.40. The van der Waals surface area contributed by atoms with Crippen LogP contribution in [0.3, 0.4) is 0 Å². The molecule has 1 fully saturated rings. The SMILES string of the molecule is Nc1ncc(CCc2ccc(Cl)cc2)c(N[C@H]2CC[C@H](O)CC2)n1. The molecule has 128 valence electrons. The molecule has 1 saturated carbocycles. The zero-order chi connectivity index (χ0) is 16.9. The lowest BCUT2D eigenvalue weighted by Crippen LogP contribution is -2.29. The maximum Gasteiger partial charge on any atom is 0.221 e. The first-order valence-corrected chi connectivity index (χ1v) is 8.78. The molecule has 0 unspecified atom stereocenters. The molecule has 1 aliphatic rings. The summed E-state index contributed by atoms with van der Waals surface area (Å²) in [5.41, 5.74) is 8.05. The monoisotopic (exact) mass is 346 g/mol. The second-order valence-electron chi connectivity index (χ2n) is 6.38. The van der Waals surface area contributed by atoms with Crippen LogP contribution in [-0.4, -0.2) is 27.2 Å². The Balaban J connectivity index is 1.67. The molecule has 1 heterocycles. The van der Waals surface area contributed by atoms with Crippen LogP contribution < -0.4 is 11.1 Å². The largest absolute Gasteiger partial charge is 0.393 e. The molecule has 0 aliphatic heterocycles. The van der Waals surface area contributed by atoms with Gasteiger partial charge in [0, 0.05) is 22.8 Å². The van der Waals surface area contributed by atoms with Crippen molar-refractivity contribution in [3.8, 4) is 0 Å². The average Bonchev–Trinajstić information content (AvgIpc) is 2.58. The van der Waals surface area contributed by atoms with Gasteiger partial charge in [0.15, 0.2) is 0 Å². The third-order valence-electron chi connectivity index (χ3n) is 4.52. The van der Waals surface area contributed by atoms with Gasteiger partial charge in [-0.1, -0.05) is 23.7 Å². The van der Waals surface area contributed by atoms with Crippen molar-refractivity contribution in [2.24, 2.45) is 0 Å². The molecule has 0 spiro atoms. The molecule has 0 atom stereocenters. The number of rotatable bonds is 5. The van der Waals surface area contributed by atoms with E-state index in [1.165, 1.54) is 5.56 Å². The Hall–Kier alpha value is -1.85. The van der Waals surface area contributed by atoms with Gasteiger partial charge in [-0.25, -0.2) is 4.98 Å². The Morgan fingerprint density at radius 3 is 2.54 bits per heavy atom. The summed E-state index contributed by atoms with van der Waals surface area (Å²) in [4.78, 5) is 8.52. The van der Waals surface area contributed by atoms with E-state index in [2.05, 4.69) is 15.3 Å². The molecule has 0 radical (unpaired) electrons. The molecular formula is C18H23ClN4O. The fourth-order valence-corrected chi connectivity index (χ4v) is 3.20. The maximum absolute atomic E-state index is 9.64. The number of aliphatic hydroxyl groups is 1. The molecule has 1 aromatic carbocycles. The lowest BCUT2D eigenvalue weighted by atomic mass is 9.93. The molecule has 2 aromatic rings. The molecule has 4 N–H and O–H groups in total. The summed E-state index contributed by atoms with van der Waals surface area (Å²) in [6.07, 6.45) is 6.92. The lowest BCUT2D eigenvalue weighted by molar-refractivity contribution is 0.126. The van der Waals surface area contributed by atoms with E-state index >= 15 is 0 Å². The zero-order valence-corrected chi connectivity index (χ0v) is 14.3. The van der Waals surface area contributed by atoms with E-state index < -0.39 is 0 Å². The normalized spacial score (nSPS) is 20.8. The molecule has 0 amide bonds. The van der Waals surface area contributed by atoms with Crippen molar-refractivity contribution < 1.29 is 5.11 Å². The number of hydrogen-bond acceptors (Lipinski definition) is 5. The van der Waals surface area contributed by atoms with E-state index in [9.17, 15) is 5.11 Å². The second-order valence-corrected chi connectivity index (χ2v) is 6.81. The number of aryl methyl sites for hydroxylation is 2. The highest BCUT2D eigenvalue weighted by Gasteiger charge is 2.20. The minimum Gasteiger partial charge on any atom is -0.393 e. The van der Waals surface area contributed by atoms with Crippen LogP contribution >= 0.6 is 11.6 Å². The number of nitrogen functional groups attached to an aromatic ring is 1. The number of nitrogens with two attached hydrogens (primary N) is 1. The predicted molar refractivity (Wildman–Crippen MR) is 97.2 cm³/mol. The molecule has 3 rings (SSSR count). The molecule has 1 aliphatic carbocycles. The van der Waals surface area contributed by atoms with E-state index in [1.807, 2.05) is 24.3 Å². The molecule has 5 nitrogen and oxygen atoms in total. The quantitative estimate of drug-likeness (QED) is 0.774. The summed E-state index contributed by atoms with van der Waals surface area (Å²) in [5.74, 6) is 1.10. The first kappa shape index (κ1) is 17.0. The maximum atomic E-state index is 9.64. The summed E-state index contributed by atoms with van der Waals surface area (Å²) in [5, 5.41) is 13.9. The van der Waals surface area contributed by atoms with Gasteiger partial charge in [0.25, 0.3) is 0 Å². The number of halogens is 1. The van der Waals surface area contributed by atoms with Gasteiger partial charge in [-0.15, -0.1) is 0 Å². The van der Waals surface area contributed by atoms with Crippen LogP contribution in [0.4, 0.5) is 11.8 Å². The topological polar surface area (TPSA) is 84.1 Å². The van der Waals surface area contributed by atoms with Gasteiger partial charge in [-0.3, -0.25) is 0 Å². The fourth-order valence-electron chi connectivity index (χ4n) is 3.07. The number of anilines is 2. The van der Waals surface area contributed by atoms with Crippen molar-refractivity contribution in [1.29, 1.82) is 0 Å². The van der Waals surface area contributed by atoms with Gasteiger partial charge >= 0.3 is 0 Å². The van der Waals surface area contributed by atoms with Crippen molar-refractivity contribution in [3.05, 3.63) is 46.6 Å². The Kier molecular flexibility index (Phi) is 5.53. The van der Waals surface area contributed by atoms with Crippen LogP contribution in [0.2, 0.25) is 5.02 Å². The van der Waals surface area contributed by atoms with Gasteiger partial charge in [0.2, 0.25) is 5.95 Å². The van der Waals surface area contributed by atoms with Gasteiger partial charge < -0.3 is 16.2 Å². The molecule has 0 saturated heterocycles. The number of nitrogens with zero attached hydrogens (tertiary/aromatic N) is 2. The molecule has 24 heavy (non-hydrogen) atoms.